The van der Waals surface area contributed by atoms with Gasteiger partial charge in [0.05, 0.1) is 6.42 Å². The summed E-state index contributed by atoms with van der Waals surface area (Å²) in [5, 5.41) is 0. The lowest BCUT2D eigenvalue weighted by atomic mass is 9.78. The molecule has 0 heterocycles. The lowest BCUT2D eigenvalue weighted by Gasteiger charge is -2.27. The van der Waals surface area contributed by atoms with Crippen LogP contribution >= 0.6 is 0 Å². The Morgan fingerprint density at radius 2 is 1.82 bits per heavy atom. The van der Waals surface area contributed by atoms with Gasteiger partial charge in [0.2, 0.25) is 0 Å². The van der Waals surface area contributed by atoms with Gasteiger partial charge >= 0.3 is 5.97 Å². The Morgan fingerprint density at radius 3 is 2.35 bits per heavy atom. The fraction of sp³-hybridized carbons (Fsp3) is 0.533. The van der Waals surface area contributed by atoms with Crippen LogP contribution in [0.4, 0.5) is 0 Å². The summed E-state index contributed by atoms with van der Waals surface area (Å²) < 4.78 is 5.28. The molecule has 2 heteroatoms. The molecular formula is C15H22O2. The van der Waals surface area contributed by atoms with Crippen LogP contribution in [-0.4, -0.2) is 5.97 Å². The molecule has 0 N–H and O–H groups in total. The molecule has 1 aromatic carbocycles. The highest BCUT2D eigenvalue weighted by Crippen LogP contribution is 2.30. The molecule has 1 aromatic rings. The van der Waals surface area contributed by atoms with E-state index in [1.54, 1.807) is 0 Å². The molecule has 0 aliphatic rings. The van der Waals surface area contributed by atoms with Crippen molar-refractivity contribution in [2.75, 3.05) is 0 Å². The highest BCUT2D eigenvalue weighted by atomic mass is 16.5. The van der Waals surface area contributed by atoms with E-state index in [-0.39, 0.29) is 11.4 Å². The first-order valence-electron chi connectivity index (χ1n) is 6.11. The van der Waals surface area contributed by atoms with Gasteiger partial charge in [0, 0.05) is 0 Å². The fourth-order valence-corrected chi connectivity index (χ4v) is 1.37. The number of rotatable bonds is 5. The SMILES string of the molecule is CC(C)C(C)(C)CC(=O)OCc1ccccc1. The van der Waals surface area contributed by atoms with Crippen LogP contribution < -0.4 is 0 Å². The van der Waals surface area contributed by atoms with Crippen LogP contribution in [0.3, 0.4) is 0 Å². The molecule has 0 saturated carbocycles. The Morgan fingerprint density at radius 1 is 1.24 bits per heavy atom. The lowest BCUT2D eigenvalue weighted by molar-refractivity contribution is -0.148. The van der Waals surface area contributed by atoms with Crippen molar-refractivity contribution in [2.24, 2.45) is 11.3 Å². The topological polar surface area (TPSA) is 26.3 Å². The summed E-state index contributed by atoms with van der Waals surface area (Å²) in [6.45, 7) is 8.83. The summed E-state index contributed by atoms with van der Waals surface area (Å²) in [7, 11) is 0. The van der Waals surface area contributed by atoms with Crippen molar-refractivity contribution in [3.63, 3.8) is 0 Å². The quantitative estimate of drug-likeness (QED) is 0.724. The monoisotopic (exact) mass is 234 g/mol. The van der Waals surface area contributed by atoms with Crippen molar-refractivity contribution < 1.29 is 9.53 Å². The molecule has 0 saturated heterocycles. The van der Waals surface area contributed by atoms with Crippen LogP contribution in [0.2, 0.25) is 0 Å². The van der Waals surface area contributed by atoms with Crippen molar-refractivity contribution >= 4 is 5.97 Å². The second-order valence-electron chi connectivity index (χ2n) is 5.47. The zero-order valence-electron chi connectivity index (χ0n) is 11.2. The highest BCUT2D eigenvalue weighted by Gasteiger charge is 2.26. The fourth-order valence-electron chi connectivity index (χ4n) is 1.37. The molecule has 0 amide bonds. The van der Waals surface area contributed by atoms with Crippen LogP contribution in [0.15, 0.2) is 30.3 Å². The van der Waals surface area contributed by atoms with Crippen molar-refractivity contribution in [1.29, 1.82) is 0 Å². The minimum Gasteiger partial charge on any atom is -0.461 e. The molecule has 0 unspecified atom stereocenters. The molecule has 0 spiro atoms. The van der Waals surface area contributed by atoms with Crippen LogP contribution in [0.5, 0.6) is 0 Å². The second kappa shape index (κ2) is 5.85. The number of carbonyl (C=O) groups is 1. The molecular weight excluding hydrogens is 212 g/mol. The van der Waals surface area contributed by atoms with Gasteiger partial charge in [-0.25, -0.2) is 0 Å². The van der Waals surface area contributed by atoms with E-state index in [0.717, 1.165) is 5.56 Å². The summed E-state index contributed by atoms with van der Waals surface area (Å²) in [4.78, 5) is 11.7. The lowest BCUT2D eigenvalue weighted by Crippen LogP contribution is -2.24. The molecule has 0 aromatic heterocycles. The van der Waals surface area contributed by atoms with E-state index < -0.39 is 0 Å². The molecule has 0 fully saturated rings. The van der Waals surface area contributed by atoms with Crippen molar-refractivity contribution in [1.82, 2.24) is 0 Å². The number of ether oxygens (including phenoxy) is 1. The highest BCUT2D eigenvalue weighted by molar-refractivity contribution is 5.70. The maximum Gasteiger partial charge on any atom is 0.306 e. The summed E-state index contributed by atoms with van der Waals surface area (Å²) in [6.07, 6.45) is 0.470. The third-order valence-electron chi connectivity index (χ3n) is 3.41. The molecule has 0 aliphatic carbocycles. The van der Waals surface area contributed by atoms with Crippen LogP contribution in [0.1, 0.15) is 39.7 Å². The number of hydrogen-bond acceptors (Lipinski definition) is 2. The molecule has 0 atom stereocenters. The predicted molar refractivity (Wildman–Crippen MR) is 69.5 cm³/mol. The normalized spacial score (nSPS) is 11.6. The first kappa shape index (κ1) is 13.8. The average Bonchev–Trinajstić information content (AvgIpc) is 2.27. The van der Waals surface area contributed by atoms with E-state index in [2.05, 4.69) is 27.7 Å². The Labute approximate surface area is 104 Å². The maximum absolute atomic E-state index is 11.7. The van der Waals surface area contributed by atoms with Crippen molar-refractivity contribution in [2.45, 2.75) is 40.7 Å². The minimum absolute atomic E-state index is 0.00618. The van der Waals surface area contributed by atoms with Gasteiger partial charge in [-0.2, -0.15) is 0 Å². The summed E-state index contributed by atoms with van der Waals surface area (Å²) in [6, 6.07) is 9.76. The summed E-state index contributed by atoms with van der Waals surface area (Å²) in [5.41, 5.74) is 1.02. The molecule has 2 nitrogen and oxygen atoms in total. The molecule has 1 rings (SSSR count). The molecule has 94 valence electrons. The van der Waals surface area contributed by atoms with Gasteiger partial charge in [0.1, 0.15) is 6.61 Å². The van der Waals surface area contributed by atoms with Gasteiger partial charge in [-0.3, -0.25) is 4.79 Å². The van der Waals surface area contributed by atoms with Crippen LogP contribution in [0, 0.1) is 11.3 Å². The van der Waals surface area contributed by atoms with Gasteiger partial charge < -0.3 is 4.74 Å². The van der Waals surface area contributed by atoms with E-state index in [9.17, 15) is 4.79 Å². The standard InChI is InChI=1S/C15H22O2/c1-12(2)15(3,4)10-14(16)17-11-13-8-6-5-7-9-13/h5-9,12H,10-11H2,1-4H3. The Balaban J connectivity index is 2.41. The number of hydrogen-bond donors (Lipinski definition) is 0. The van der Waals surface area contributed by atoms with E-state index in [1.165, 1.54) is 0 Å². The first-order valence-corrected chi connectivity index (χ1v) is 6.11. The first-order chi connectivity index (χ1) is 7.92. The van der Waals surface area contributed by atoms with E-state index in [0.29, 0.717) is 18.9 Å². The zero-order chi connectivity index (χ0) is 12.9. The minimum atomic E-state index is -0.118. The third kappa shape index (κ3) is 4.59. The predicted octanol–water partition coefficient (Wildman–Crippen LogP) is 3.80. The second-order valence-corrected chi connectivity index (χ2v) is 5.47. The largest absolute Gasteiger partial charge is 0.461 e. The number of esters is 1. The van der Waals surface area contributed by atoms with Crippen molar-refractivity contribution in [3.8, 4) is 0 Å². The van der Waals surface area contributed by atoms with Gasteiger partial charge in [-0.05, 0) is 16.9 Å². The van der Waals surface area contributed by atoms with Gasteiger partial charge in [0.15, 0.2) is 0 Å². The molecule has 0 bridgehead atoms. The number of carbonyl (C=O) groups excluding carboxylic acids is 1. The molecule has 0 radical (unpaired) electrons. The summed E-state index contributed by atoms with van der Waals surface area (Å²) >= 11 is 0. The zero-order valence-corrected chi connectivity index (χ0v) is 11.2. The Bertz CT molecular complexity index is 352. The Hall–Kier alpha value is -1.31. The van der Waals surface area contributed by atoms with Gasteiger partial charge in [-0.1, -0.05) is 58.0 Å². The van der Waals surface area contributed by atoms with E-state index >= 15 is 0 Å². The smallest absolute Gasteiger partial charge is 0.306 e. The molecule has 17 heavy (non-hydrogen) atoms. The molecule has 0 aliphatic heterocycles. The third-order valence-corrected chi connectivity index (χ3v) is 3.41. The van der Waals surface area contributed by atoms with Crippen LogP contribution in [0.25, 0.3) is 0 Å². The van der Waals surface area contributed by atoms with Gasteiger partial charge in [-0.15, -0.1) is 0 Å². The average molecular weight is 234 g/mol. The number of benzene rings is 1. The van der Waals surface area contributed by atoms with Crippen LogP contribution in [-0.2, 0) is 16.1 Å². The van der Waals surface area contributed by atoms with E-state index in [1.807, 2.05) is 30.3 Å². The summed E-state index contributed by atoms with van der Waals surface area (Å²) in [5.74, 6) is 0.347. The van der Waals surface area contributed by atoms with E-state index in [4.69, 9.17) is 4.74 Å². The Kier molecular flexibility index (Phi) is 4.73. The maximum atomic E-state index is 11.7. The van der Waals surface area contributed by atoms with Gasteiger partial charge in [0.25, 0.3) is 0 Å². The van der Waals surface area contributed by atoms with Crippen molar-refractivity contribution in [3.05, 3.63) is 35.9 Å².